The van der Waals surface area contributed by atoms with Crippen molar-refractivity contribution < 1.29 is 28.9 Å². The van der Waals surface area contributed by atoms with E-state index in [-0.39, 0.29) is 12.3 Å². The van der Waals surface area contributed by atoms with Crippen LogP contribution in [0.2, 0.25) is 0 Å². The highest BCUT2D eigenvalue weighted by atomic mass is 16.5. The molecule has 2 N–H and O–H groups in total. The molecule has 0 aromatic heterocycles. The van der Waals surface area contributed by atoms with Crippen LogP contribution < -0.4 is 19.5 Å². The van der Waals surface area contributed by atoms with E-state index in [1.807, 2.05) is 0 Å². The van der Waals surface area contributed by atoms with E-state index in [2.05, 4.69) is 5.32 Å². The summed E-state index contributed by atoms with van der Waals surface area (Å²) in [4.78, 5) is 22.2. The molecule has 7 nitrogen and oxygen atoms in total. The predicted octanol–water partition coefficient (Wildman–Crippen LogP) is 1.36. The first kappa shape index (κ1) is 16.6. The molecule has 1 amide bonds. The van der Waals surface area contributed by atoms with Crippen molar-refractivity contribution in [1.29, 1.82) is 0 Å². The molecule has 1 unspecified atom stereocenters. The Balaban J connectivity index is 3.29. The molecule has 0 aliphatic rings. The summed E-state index contributed by atoms with van der Waals surface area (Å²) >= 11 is 0. The molecular formula is C14H19NO6. The molecule has 0 aliphatic carbocycles. The van der Waals surface area contributed by atoms with E-state index in [0.717, 1.165) is 0 Å². The maximum absolute atomic E-state index is 11.2. The van der Waals surface area contributed by atoms with Crippen LogP contribution in [-0.2, 0) is 9.59 Å². The number of hydrogen-bond acceptors (Lipinski definition) is 5. The van der Waals surface area contributed by atoms with Gasteiger partial charge in [-0.25, -0.2) is 0 Å². The van der Waals surface area contributed by atoms with Gasteiger partial charge in [-0.3, -0.25) is 9.59 Å². The number of nitrogens with one attached hydrogen (secondary N) is 1. The van der Waals surface area contributed by atoms with Crippen LogP contribution in [-0.4, -0.2) is 38.3 Å². The van der Waals surface area contributed by atoms with Crippen LogP contribution in [0.4, 0.5) is 0 Å². The Morgan fingerprint density at radius 2 is 1.67 bits per heavy atom. The Kier molecular flexibility index (Phi) is 5.83. The van der Waals surface area contributed by atoms with E-state index in [4.69, 9.17) is 19.3 Å². The van der Waals surface area contributed by atoms with Crippen molar-refractivity contribution in [3.63, 3.8) is 0 Å². The smallest absolute Gasteiger partial charge is 0.305 e. The normalized spacial score (nSPS) is 11.4. The highest BCUT2D eigenvalue weighted by molar-refractivity contribution is 5.75. The van der Waals surface area contributed by atoms with Gasteiger partial charge in [0, 0.05) is 6.92 Å². The maximum Gasteiger partial charge on any atom is 0.305 e. The topological polar surface area (TPSA) is 94.1 Å². The predicted molar refractivity (Wildman–Crippen MR) is 74.9 cm³/mol. The molecule has 0 radical (unpaired) electrons. The SMILES string of the molecule is COc1cc(C(CC(=O)O)NC(C)=O)cc(OC)c1OC. The van der Waals surface area contributed by atoms with Gasteiger partial charge in [0.1, 0.15) is 0 Å². The molecule has 0 spiro atoms. The minimum absolute atomic E-state index is 0.252. The highest BCUT2D eigenvalue weighted by Crippen LogP contribution is 2.40. The van der Waals surface area contributed by atoms with Gasteiger partial charge in [-0.05, 0) is 17.7 Å². The second-order valence-electron chi connectivity index (χ2n) is 4.31. The Hall–Kier alpha value is -2.44. The fourth-order valence-electron chi connectivity index (χ4n) is 1.97. The minimum atomic E-state index is -1.03. The first-order chi connectivity index (χ1) is 9.92. The molecule has 1 rings (SSSR count). The average molecular weight is 297 g/mol. The van der Waals surface area contributed by atoms with Crippen molar-refractivity contribution in [3.8, 4) is 17.2 Å². The number of rotatable bonds is 7. The number of carboxylic acid groups (broad SMARTS) is 1. The molecule has 21 heavy (non-hydrogen) atoms. The van der Waals surface area contributed by atoms with Gasteiger partial charge in [0.25, 0.3) is 0 Å². The van der Waals surface area contributed by atoms with Gasteiger partial charge in [-0.15, -0.1) is 0 Å². The van der Waals surface area contributed by atoms with E-state index < -0.39 is 12.0 Å². The zero-order valence-corrected chi connectivity index (χ0v) is 12.4. The number of carbonyl (C=O) groups is 2. The monoisotopic (exact) mass is 297 g/mol. The van der Waals surface area contributed by atoms with Crippen molar-refractivity contribution in [3.05, 3.63) is 17.7 Å². The van der Waals surface area contributed by atoms with E-state index in [1.165, 1.54) is 28.3 Å². The van der Waals surface area contributed by atoms with Gasteiger partial charge >= 0.3 is 5.97 Å². The second-order valence-corrected chi connectivity index (χ2v) is 4.31. The fourth-order valence-corrected chi connectivity index (χ4v) is 1.97. The average Bonchev–Trinajstić information content (AvgIpc) is 2.43. The van der Waals surface area contributed by atoms with Gasteiger partial charge in [-0.1, -0.05) is 0 Å². The molecule has 1 aromatic rings. The number of methoxy groups -OCH3 is 3. The third-order valence-electron chi connectivity index (χ3n) is 2.85. The van der Waals surface area contributed by atoms with Gasteiger partial charge < -0.3 is 24.6 Å². The van der Waals surface area contributed by atoms with E-state index >= 15 is 0 Å². The number of carboxylic acids is 1. The van der Waals surface area contributed by atoms with Crippen LogP contribution in [0.5, 0.6) is 17.2 Å². The summed E-state index contributed by atoms with van der Waals surface area (Å²) in [6.07, 6.45) is -0.252. The molecule has 1 atom stereocenters. The molecule has 0 saturated carbocycles. The van der Waals surface area contributed by atoms with Crippen LogP contribution in [0.3, 0.4) is 0 Å². The standard InChI is InChI=1S/C14H19NO6/c1-8(16)15-10(7-13(17)18)9-5-11(19-2)14(21-4)12(6-9)20-3/h5-6,10H,7H2,1-4H3,(H,15,16)(H,17,18). The largest absolute Gasteiger partial charge is 0.493 e. The Morgan fingerprint density at radius 1 is 1.14 bits per heavy atom. The van der Waals surface area contributed by atoms with Gasteiger partial charge in [0.05, 0.1) is 33.8 Å². The number of carbonyl (C=O) groups excluding carboxylic acids is 1. The van der Waals surface area contributed by atoms with E-state index in [0.29, 0.717) is 22.8 Å². The van der Waals surface area contributed by atoms with Crippen molar-refractivity contribution in [2.45, 2.75) is 19.4 Å². The highest BCUT2D eigenvalue weighted by Gasteiger charge is 2.21. The van der Waals surface area contributed by atoms with Crippen molar-refractivity contribution in [2.24, 2.45) is 0 Å². The molecule has 0 heterocycles. The molecular weight excluding hydrogens is 278 g/mol. The van der Waals surface area contributed by atoms with Crippen molar-refractivity contribution >= 4 is 11.9 Å². The maximum atomic E-state index is 11.2. The van der Waals surface area contributed by atoms with Crippen LogP contribution in [0, 0.1) is 0 Å². The Morgan fingerprint density at radius 3 is 2.00 bits per heavy atom. The molecule has 0 saturated heterocycles. The van der Waals surface area contributed by atoms with Crippen LogP contribution >= 0.6 is 0 Å². The first-order valence-corrected chi connectivity index (χ1v) is 6.21. The summed E-state index contributed by atoms with van der Waals surface area (Å²) in [7, 11) is 4.40. The third-order valence-corrected chi connectivity index (χ3v) is 2.85. The zero-order valence-electron chi connectivity index (χ0n) is 12.4. The quantitative estimate of drug-likeness (QED) is 0.789. The molecule has 7 heteroatoms. The van der Waals surface area contributed by atoms with Crippen LogP contribution in [0.15, 0.2) is 12.1 Å². The van der Waals surface area contributed by atoms with Gasteiger partial charge in [0.15, 0.2) is 11.5 Å². The lowest BCUT2D eigenvalue weighted by atomic mass is 10.0. The summed E-state index contributed by atoms with van der Waals surface area (Å²) in [5.41, 5.74) is 0.558. The third kappa shape index (κ3) is 4.27. The lowest BCUT2D eigenvalue weighted by Crippen LogP contribution is -2.28. The number of hydrogen-bond donors (Lipinski definition) is 2. The zero-order chi connectivity index (χ0) is 16.0. The lowest BCUT2D eigenvalue weighted by molar-refractivity contribution is -0.137. The van der Waals surface area contributed by atoms with Crippen LogP contribution in [0.1, 0.15) is 24.9 Å². The molecule has 0 bridgehead atoms. The number of benzene rings is 1. The molecule has 0 fully saturated rings. The first-order valence-electron chi connectivity index (χ1n) is 6.21. The summed E-state index contributed by atoms with van der Waals surface area (Å²) in [6.45, 7) is 1.33. The van der Waals surface area contributed by atoms with E-state index in [9.17, 15) is 9.59 Å². The molecule has 0 aliphatic heterocycles. The fraction of sp³-hybridized carbons (Fsp3) is 0.429. The summed E-state index contributed by atoms with van der Waals surface area (Å²) in [6, 6.07) is 2.55. The molecule has 116 valence electrons. The summed E-state index contributed by atoms with van der Waals surface area (Å²) in [5, 5.41) is 11.6. The minimum Gasteiger partial charge on any atom is -0.493 e. The van der Waals surface area contributed by atoms with Crippen LogP contribution in [0.25, 0.3) is 0 Å². The number of ether oxygens (including phenoxy) is 3. The van der Waals surface area contributed by atoms with Gasteiger partial charge in [-0.2, -0.15) is 0 Å². The van der Waals surface area contributed by atoms with Crippen molar-refractivity contribution in [1.82, 2.24) is 5.32 Å². The second kappa shape index (κ2) is 7.37. The Bertz CT molecular complexity index is 487. The van der Waals surface area contributed by atoms with E-state index in [1.54, 1.807) is 12.1 Å². The Labute approximate surface area is 122 Å². The number of amides is 1. The molecule has 1 aromatic carbocycles. The lowest BCUT2D eigenvalue weighted by Gasteiger charge is -2.20. The van der Waals surface area contributed by atoms with Crippen molar-refractivity contribution in [2.75, 3.05) is 21.3 Å². The van der Waals surface area contributed by atoms with Gasteiger partial charge in [0.2, 0.25) is 11.7 Å². The number of aliphatic carboxylic acids is 1. The summed E-state index contributed by atoms with van der Waals surface area (Å²) < 4.78 is 15.6. The summed E-state index contributed by atoms with van der Waals surface area (Å²) in [5.74, 6) is -0.154.